The average molecular weight is 644 g/mol. The minimum atomic E-state index is -6.01. The molecule has 1 unspecified atom stereocenters. The van der Waals surface area contributed by atoms with Crippen LogP contribution in [0.15, 0.2) is 93.5 Å². The van der Waals surface area contributed by atoms with E-state index in [-0.39, 0.29) is 5.56 Å². The van der Waals surface area contributed by atoms with E-state index in [0.29, 0.717) is 37.9 Å². The number of sulfonamides is 1. The smallest absolute Gasteiger partial charge is 0.390 e. The number of benzene rings is 3. The van der Waals surface area contributed by atoms with Crippen molar-refractivity contribution in [3.8, 4) is 0 Å². The molecule has 1 aliphatic rings. The van der Waals surface area contributed by atoms with Crippen LogP contribution >= 0.6 is 11.8 Å². The molecular weight excluding hydrogens is 616 g/mol. The molecule has 0 bridgehead atoms. The average Bonchev–Trinajstić information content (AvgIpc) is 2.93. The Morgan fingerprint density at radius 3 is 2.19 bits per heavy atom. The van der Waals surface area contributed by atoms with Crippen molar-refractivity contribution >= 4 is 43.2 Å². The van der Waals surface area contributed by atoms with Gasteiger partial charge in [0.2, 0.25) is 0 Å². The van der Waals surface area contributed by atoms with Crippen LogP contribution in [0.1, 0.15) is 16.8 Å². The van der Waals surface area contributed by atoms with Crippen LogP contribution in [0.25, 0.3) is 0 Å². The van der Waals surface area contributed by atoms with E-state index >= 15 is 0 Å². The highest BCUT2D eigenvalue weighted by Gasteiger charge is 2.48. The molecule has 1 aliphatic heterocycles. The molecule has 3 aromatic rings. The number of carbonyl (C=O) groups is 1. The van der Waals surface area contributed by atoms with E-state index in [1.165, 1.54) is 36.0 Å². The third-order valence-corrected chi connectivity index (χ3v) is 10.4. The first-order valence-corrected chi connectivity index (χ1v) is 16.6. The van der Waals surface area contributed by atoms with Crippen LogP contribution in [0.4, 0.5) is 18.9 Å². The van der Waals surface area contributed by atoms with Crippen molar-refractivity contribution in [2.45, 2.75) is 38.8 Å². The topological polar surface area (TPSA) is 133 Å². The van der Waals surface area contributed by atoms with Gasteiger partial charge in [0.15, 0.2) is 0 Å². The lowest BCUT2D eigenvalue weighted by Crippen LogP contribution is -2.51. The van der Waals surface area contributed by atoms with E-state index in [9.17, 15) is 39.9 Å². The summed E-state index contributed by atoms with van der Waals surface area (Å²) in [5.74, 6) is -0.689. The molecule has 226 valence electrons. The molecule has 0 saturated carbocycles. The first-order valence-electron chi connectivity index (χ1n) is 12.7. The predicted molar refractivity (Wildman–Crippen MR) is 152 cm³/mol. The number of amides is 1. The number of halogens is 3. The molecule has 0 aliphatic carbocycles. The molecule has 42 heavy (non-hydrogen) atoms. The number of alkyl halides is 3. The number of nitrogens with one attached hydrogen (secondary N) is 2. The third kappa shape index (κ3) is 7.83. The monoisotopic (exact) mass is 643 g/mol. The SMILES string of the molecule is O=C(NS(=O)(=O)c1ccc(NC(CCN2CC(O)C2)CSc2ccccc2)c(S(=O)(=O)C(F)(F)F)c1)c1ccccc1. The minimum Gasteiger partial charge on any atom is -0.390 e. The van der Waals surface area contributed by atoms with E-state index in [0.717, 1.165) is 17.0 Å². The number of β-amino-alcohol motifs (C(OH)–C–C–N with tert-alkyl or cyclic N) is 1. The fraction of sp³-hybridized carbons (Fsp3) is 0.296. The van der Waals surface area contributed by atoms with E-state index < -0.39 is 58.9 Å². The van der Waals surface area contributed by atoms with Crippen LogP contribution in [-0.4, -0.2) is 75.8 Å². The third-order valence-electron chi connectivity index (χ3n) is 6.41. The van der Waals surface area contributed by atoms with Crippen LogP contribution in [-0.2, 0) is 19.9 Å². The maximum absolute atomic E-state index is 13.7. The van der Waals surface area contributed by atoms with Gasteiger partial charge in [-0.1, -0.05) is 36.4 Å². The van der Waals surface area contributed by atoms with Gasteiger partial charge in [-0.05, 0) is 48.9 Å². The summed E-state index contributed by atoms with van der Waals surface area (Å²) >= 11 is 1.41. The van der Waals surface area contributed by atoms with Gasteiger partial charge in [-0.15, -0.1) is 11.8 Å². The summed E-state index contributed by atoms with van der Waals surface area (Å²) in [6.07, 6.45) is -0.0545. The van der Waals surface area contributed by atoms with Crippen LogP contribution in [0.5, 0.6) is 0 Å². The molecule has 1 fully saturated rings. The minimum absolute atomic E-state index is 0.0176. The van der Waals surface area contributed by atoms with Gasteiger partial charge in [0.25, 0.3) is 25.8 Å². The fourth-order valence-corrected chi connectivity index (χ4v) is 7.18. The highest BCUT2D eigenvalue weighted by molar-refractivity contribution is 7.99. The van der Waals surface area contributed by atoms with Crippen LogP contribution in [0, 0.1) is 0 Å². The van der Waals surface area contributed by atoms with E-state index in [1.54, 1.807) is 10.8 Å². The molecule has 3 N–H and O–H groups in total. The van der Waals surface area contributed by atoms with Crippen molar-refractivity contribution in [3.63, 3.8) is 0 Å². The second-order valence-corrected chi connectivity index (χ2v) is 14.3. The maximum atomic E-state index is 13.7. The summed E-state index contributed by atoms with van der Waals surface area (Å²) in [5, 5.41) is 12.5. The number of hydrogen-bond acceptors (Lipinski definition) is 9. The van der Waals surface area contributed by atoms with Gasteiger partial charge in [-0.3, -0.25) is 9.69 Å². The molecule has 0 aromatic heterocycles. The normalized spacial score (nSPS) is 15.5. The zero-order valence-electron chi connectivity index (χ0n) is 22.0. The Morgan fingerprint density at radius 1 is 0.976 bits per heavy atom. The second-order valence-electron chi connectivity index (χ2n) is 9.58. The van der Waals surface area contributed by atoms with Gasteiger partial charge >= 0.3 is 5.51 Å². The van der Waals surface area contributed by atoms with Crippen LogP contribution in [0.3, 0.4) is 0 Å². The Kier molecular flexibility index (Phi) is 9.88. The number of likely N-dealkylation sites (tertiary alicyclic amines) is 1. The van der Waals surface area contributed by atoms with Gasteiger partial charge in [0.05, 0.1) is 16.7 Å². The predicted octanol–water partition coefficient (Wildman–Crippen LogP) is 3.74. The van der Waals surface area contributed by atoms with E-state index in [4.69, 9.17) is 0 Å². The van der Waals surface area contributed by atoms with Crippen molar-refractivity contribution < 1.29 is 39.9 Å². The quantitative estimate of drug-likeness (QED) is 0.253. The molecule has 1 amide bonds. The molecule has 0 spiro atoms. The first kappa shape index (κ1) is 31.8. The summed E-state index contributed by atoms with van der Waals surface area (Å²) in [4.78, 5) is 13.2. The van der Waals surface area contributed by atoms with Gasteiger partial charge in [0, 0.05) is 41.9 Å². The first-order chi connectivity index (χ1) is 19.8. The highest BCUT2D eigenvalue weighted by Crippen LogP contribution is 2.36. The number of sulfone groups is 1. The van der Waals surface area contributed by atoms with Gasteiger partial charge in [-0.25, -0.2) is 21.6 Å². The summed E-state index contributed by atoms with van der Waals surface area (Å²) in [6, 6.07) is 18.2. The number of carbonyl (C=O) groups excluding carboxylic acids is 1. The van der Waals surface area contributed by atoms with E-state index in [2.05, 4.69) is 5.32 Å². The lowest BCUT2D eigenvalue weighted by Gasteiger charge is -2.36. The molecule has 3 aromatic carbocycles. The summed E-state index contributed by atoms with van der Waals surface area (Å²) in [7, 11) is -10.7. The largest absolute Gasteiger partial charge is 0.501 e. The zero-order chi connectivity index (χ0) is 30.5. The van der Waals surface area contributed by atoms with Crippen molar-refractivity contribution in [3.05, 3.63) is 84.4 Å². The molecule has 4 rings (SSSR count). The zero-order valence-corrected chi connectivity index (χ0v) is 24.4. The second kappa shape index (κ2) is 13.0. The van der Waals surface area contributed by atoms with Gasteiger partial charge < -0.3 is 10.4 Å². The number of aliphatic hydroxyl groups is 1. The Bertz CT molecular complexity index is 1600. The van der Waals surface area contributed by atoms with Gasteiger partial charge in [-0.2, -0.15) is 13.2 Å². The number of aliphatic hydroxyl groups excluding tert-OH is 1. The molecule has 1 heterocycles. The number of thioether (sulfide) groups is 1. The standard InChI is InChI=1S/C27H28F3N3O6S3/c28-27(29,30)41(36,37)25-15-23(42(38,39)32-26(35)19-7-3-1-4-8-19)11-12-24(25)31-20(13-14-33-16-21(34)17-33)18-40-22-9-5-2-6-10-22/h1-12,15,20-21,31,34H,13-14,16-18H2,(H,32,35). The lowest BCUT2D eigenvalue weighted by atomic mass is 10.1. The van der Waals surface area contributed by atoms with Crippen LogP contribution < -0.4 is 10.0 Å². The van der Waals surface area contributed by atoms with E-state index in [1.807, 2.05) is 35.2 Å². The Morgan fingerprint density at radius 2 is 1.60 bits per heavy atom. The Balaban J connectivity index is 1.64. The molecule has 9 nitrogen and oxygen atoms in total. The molecule has 1 saturated heterocycles. The van der Waals surface area contributed by atoms with Gasteiger partial charge in [0.1, 0.15) is 4.90 Å². The molecular formula is C27H28F3N3O6S3. The molecule has 0 radical (unpaired) electrons. The number of nitrogens with zero attached hydrogens (tertiary/aromatic N) is 1. The maximum Gasteiger partial charge on any atom is 0.501 e. The highest BCUT2D eigenvalue weighted by atomic mass is 32.2. The lowest BCUT2D eigenvalue weighted by molar-refractivity contribution is -0.0435. The fourth-order valence-electron chi connectivity index (χ4n) is 4.16. The Labute approximate surface area is 246 Å². The van der Waals surface area contributed by atoms with Crippen molar-refractivity contribution in [2.24, 2.45) is 0 Å². The van der Waals surface area contributed by atoms with Crippen LogP contribution in [0.2, 0.25) is 0 Å². The van der Waals surface area contributed by atoms with Crippen molar-refractivity contribution in [1.29, 1.82) is 0 Å². The molecule has 1 atom stereocenters. The van der Waals surface area contributed by atoms with Crippen molar-refractivity contribution in [1.82, 2.24) is 9.62 Å². The van der Waals surface area contributed by atoms with Crippen molar-refractivity contribution in [2.75, 3.05) is 30.7 Å². The molecule has 15 heteroatoms. The summed E-state index contributed by atoms with van der Waals surface area (Å²) < 4.78 is 94.1. The summed E-state index contributed by atoms with van der Waals surface area (Å²) in [5.41, 5.74) is -6.17. The number of anilines is 1. The Hall–Kier alpha value is -3.11. The number of rotatable bonds is 12. The summed E-state index contributed by atoms with van der Waals surface area (Å²) in [6.45, 7) is 1.39. The number of hydrogen-bond donors (Lipinski definition) is 3.